The van der Waals surface area contributed by atoms with E-state index in [0.29, 0.717) is 46.8 Å². The predicted octanol–water partition coefficient (Wildman–Crippen LogP) is 5.09. The van der Waals surface area contributed by atoms with Crippen molar-refractivity contribution < 1.29 is 19.1 Å². The van der Waals surface area contributed by atoms with Crippen LogP contribution >= 0.6 is 15.9 Å². The Morgan fingerprint density at radius 2 is 1.67 bits per heavy atom. The van der Waals surface area contributed by atoms with Crippen LogP contribution in [0.25, 0.3) is 0 Å². The number of carbonyl (C=O) groups excluding carboxylic acids is 2. The normalized spacial score (nSPS) is 10.5. The lowest BCUT2D eigenvalue weighted by molar-refractivity contribution is 0.0947. The Morgan fingerprint density at radius 3 is 2.42 bits per heavy atom. The molecule has 0 aliphatic heterocycles. The molecule has 0 saturated carbocycles. The van der Waals surface area contributed by atoms with Crippen molar-refractivity contribution in [2.24, 2.45) is 0 Å². The second-order valence-electron chi connectivity index (χ2n) is 7.37. The second kappa shape index (κ2) is 12.8. The highest BCUT2D eigenvalue weighted by atomic mass is 79.9. The molecule has 0 spiro atoms. The molecule has 0 fully saturated rings. The van der Waals surface area contributed by atoms with Crippen molar-refractivity contribution in [3.8, 4) is 5.75 Å². The van der Waals surface area contributed by atoms with E-state index in [-0.39, 0.29) is 11.8 Å². The van der Waals surface area contributed by atoms with E-state index in [9.17, 15) is 9.59 Å². The van der Waals surface area contributed by atoms with Crippen LogP contribution in [-0.4, -0.2) is 38.7 Å². The summed E-state index contributed by atoms with van der Waals surface area (Å²) in [4.78, 5) is 25.0. The lowest BCUT2D eigenvalue weighted by Crippen LogP contribution is -2.25. The van der Waals surface area contributed by atoms with E-state index in [4.69, 9.17) is 9.47 Å². The molecule has 0 aromatic heterocycles. The standard InChI is InChI=1S/C26H27BrN2O4/c1-32-15-6-14-28-25(30)20-9-5-10-22(17-20)29-26(31)21-11-12-24(23(27)18-21)33-16-13-19-7-3-2-4-8-19/h2-5,7-12,17-18H,6,13-16H2,1H3,(H,28,30)(H,29,31). The summed E-state index contributed by atoms with van der Waals surface area (Å²) in [7, 11) is 1.62. The minimum Gasteiger partial charge on any atom is -0.492 e. The fraction of sp³-hybridized carbons (Fsp3) is 0.231. The van der Waals surface area contributed by atoms with Crippen molar-refractivity contribution in [2.45, 2.75) is 12.8 Å². The molecule has 0 radical (unpaired) electrons. The molecule has 7 heteroatoms. The molecule has 0 saturated heterocycles. The van der Waals surface area contributed by atoms with Gasteiger partial charge in [0.25, 0.3) is 11.8 Å². The van der Waals surface area contributed by atoms with Crippen LogP contribution in [0, 0.1) is 0 Å². The average molecular weight is 511 g/mol. The number of carbonyl (C=O) groups is 2. The minimum absolute atomic E-state index is 0.193. The van der Waals surface area contributed by atoms with Gasteiger partial charge in [-0.1, -0.05) is 36.4 Å². The average Bonchev–Trinajstić information content (AvgIpc) is 2.83. The first-order chi connectivity index (χ1) is 16.1. The Balaban J connectivity index is 1.55. The summed E-state index contributed by atoms with van der Waals surface area (Å²) in [6.07, 6.45) is 1.53. The molecule has 0 bridgehead atoms. The summed E-state index contributed by atoms with van der Waals surface area (Å²) in [6, 6.07) is 22.2. The number of nitrogens with one attached hydrogen (secondary N) is 2. The number of benzene rings is 3. The highest BCUT2D eigenvalue weighted by molar-refractivity contribution is 9.10. The summed E-state index contributed by atoms with van der Waals surface area (Å²) >= 11 is 3.49. The third-order valence-electron chi connectivity index (χ3n) is 4.88. The van der Waals surface area contributed by atoms with E-state index >= 15 is 0 Å². The van der Waals surface area contributed by atoms with Crippen molar-refractivity contribution in [1.29, 1.82) is 0 Å². The van der Waals surface area contributed by atoms with Gasteiger partial charge in [-0.05, 0) is 64.3 Å². The Labute approximate surface area is 202 Å². The van der Waals surface area contributed by atoms with Crippen molar-refractivity contribution >= 4 is 33.4 Å². The number of amides is 2. The fourth-order valence-corrected chi connectivity index (χ4v) is 3.64. The molecule has 3 aromatic rings. The molecular formula is C26H27BrN2O4. The molecule has 2 amide bonds. The smallest absolute Gasteiger partial charge is 0.255 e. The van der Waals surface area contributed by atoms with Gasteiger partial charge in [-0.25, -0.2) is 0 Å². The zero-order chi connectivity index (χ0) is 23.5. The lowest BCUT2D eigenvalue weighted by atomic mass is 10.1. The van der Waals surface area contributed by atoms with Gasteiger partial charge in [0, 0.05) is 43.5 Å². The predicted molar refractivity (Wildman–Crippen MR) is 133 cm³/mol. The maximum atomic E-state index is 12.7. The second-order valence-corrected chi connectivity index (χ2v) is 8.22. The van der Waals surface area contributed by atoms with Crippen molar-refractivity contribution in [3.63, 3.8) is 0 Å². The fourth-order valence-electron chi connectivity index (χ4n) is 3.14. The monoisotopic (exact) mass is 510 g/mol. The lowest BCUT2D eigenvalue weighted by Gasteiger charge is -2.11. The van der Waals surface area contributed by atoms with Crippen LogP contribution in [-0.2, 0) is 11.2 Å². The zero-order valence-corrected chi connectivity index (χ0v) is 20.1. The van der Waals surface area contributed by atoms with Crippen LogP contribution in [0.15, 0.2) is 77.3 Å². The number of hydrogen-bond acceptors (Lipinski definition) is 4. The van der Waals surface area contributed by atoms with Gasteiger partial charge in [-0.3, -0.25) is 9.59 Å². The third-order valence-corrected chi connectivity index (χ3v) is 5.50. The van der Waals surface area contributed by atoms with E-state index in [1.807, 2.05) is 18.2 Å². The number of rotatable bonds is 11. The molecule has 3 aromatic carbocycles. The van der Waals surface area contributed by atoms with Crippen molar-refractivity contribution in [2.75, 3.05) is 32.2 Å². The molecular weight excluding hydrogens is 484 g/mol. The largest absolute Gasteiger partial charge is 0.492 e. The Hall–Kier alpha value is -3.16. The molecule has 2 N–H and O–H groups in total. The highest BCUT2D eigenvalue weighted by Gasteiger charge is 2.12. The number of methoxy groups -OCH3 is 1. The van der Waals surface area contributed by atoms with Gasteiger partial charge in [-0.2, -0.15) is 0 Å². The third kappa shape index (κ3) is 7.73. The summed E-state index contributed by atoms with van der Waals surface area (Å²) in [5, 5.41) is 5.68. The highest BCUT2D eigenvalue weighted by Crippen LogP contribution is 2.26. The van der Waals surface area contributed by atoms with Gasteiger partial charge < -0.3 is 20.1 Å². The van der Waals surface area contributed by atoms with Crippen LogP contribution in [0.4, 0.5) is 5.69 Å². The van der Waals surface area contributed by atoms with E-state index in [2.05, 4.69) is 38.7 Å². The molecule has 6 nitrogen and oxygen atoms in total. The summed E-state index contributed by atoms with van der Waals surface area (Å²) in [5.41, 5.74) is 2.71. The summed E-state index contributed by atoms with van der Waals surface area (Å²) in [6.45, 7) is 1.65. The Kier molecular flexibility index (Phi) is 9.47. The van der Waals surface area contributed by atoms with Crippen LogP contribution in [0.2, 0.25) is 0 Å². The van der Waals surface area contributed by atoms with Gasteiger partial charge in [0.05, 0.1) is 11.1 Å². The first kappa shape index (κ1) is 24.5. The van der Waals surface area contributed by atoms with Gasteiger partial charge in [0.1, 0.15) is 5.75 Å². The summed E-state index contributed by atoms with van der Waals surface area (Å²) in [5.74, 6) is 0.209. The number of hydrogen-bond donors (Lipinski definition) is 2. The Morgan fingerprint density at radius 1 is 0.879 bits per heavy atom. The summed E-state index contributed by atoms with van der Waals surface area (Å²) < 4.78 is 11.5. The molecule has 0 unspecified atom stereocenters. The molecule has 0 aliphatic rings. The van der Waals surface area contributed by atoms with Crippen molar-refractivity contribution in [1.82, 2.24) is 5.32 Å². The SMILES string of the molecule is COCCCNC(=O)c1cccc(NC(=O)c2ccc(OCCc3ccccc3)c(Br)c2)c1. The van der Waals surface area contributed by atoms with Gasteiger partial charge >= 0.3 is 0 Å². The number of halogens is 1. The molecule has 3 rings (SSSR count). The van der Waals surface area contributed by atoms with Crippen LogP contribution in [0.1, 0.15) is 32.7 Å². The van der Waals surface area contributed by atoms with E-state index < -0.39 is 0 Å². The molecule has 33 heavy (non-hydrogen) atoms. The first-order valence-electron chi connectivity index (χ1n) is 10.7. The zero-order valence-electron chi connectivity index (χ0n) is 18.5. The maximum Gasteiger partial charge on any atom is 0.255 e. The van der Waals surface area contributed by atoms with E-state index in [1.54, 1.807) is 49.6 Å². The van der Waals surface area contributed by atoms with Gasteiger partial charge in [0.2, 0.25) is 0 Å². The number of ether oxygens (including phenoxy) is 2. The topological polar surface area (TPSA) is 76.7 Å². The molecule has 0 heterocycles. The van der Waals surface area contributed by atoms with Crippen molar-refractivity contribution in [3.05, 3.63) is 94.0 Å². The van der Waals surface area contributed by atoms with Crippen LogP contribution in [0.5, 0.6) is 5.75 Å². The van der Waals surface area contributed by atoms with Gasteiger partial charge in [-0.15, -0.1) is 0 Å². The van der Waals surface area contributed by atoms with Crippen LogP contribution < -0.4 is 15.4 Å². The number of anilines is 1. The van der Waals surface area contributed by atoms with E-state index in [0.717, 1.165) is 12.8 Å². The Bertz CT molecular complexity index is 1070. The molecule has 172 valence electrons. The van der Waals surface area contributed by atoms with Crippen LogP contribution in [0.3, 0.4) is 0 Å². The van der Waals surface area contributed by atoms with Gasteiger partial charge in [0.15, 0.2) is 0 Å². The molecule has 0 atom stereocenters. The first-order valence-corrected chi connectivity index (χ1v) is 11.5. The molecule has 0 aliphatic carbocycles. The van der Waals surface area contributed by atoms with E-state index in [1.165, 1.54) is 5.56 Å². The quantitative estimate of drug-likeness (QED) is 0.352. The maximum absolute atomic E-state index is 12.7. The minimum atomic E-state index is -0.274.